The molecule has 1 N–H and O–H groups in total. The number of furan rings is 1. The number of benzene rings is 1. The van der Waals surface area contributed by atoms with E-state index in [0.29, 0.717) is 49.6 Å². The predicted molar refractivity (Wildman–Crippen MR) is 94.1 cm³/mol. The molecule has 4 rings (SSSR count). The number of hydrogen-bond donors (Lipinski definition) is 1. The summed E-state index contributed by atoms with van der Waals surface area (Å²) in [5, 5.41) is 3.49. The molecule has 2 amide bonds. The lowest BCUT2D eigenvalue weighted by Crippen LogP contribution is -2.49. The lowest BCUT2D eigenvalue weighted by atomic mass is 9.73. The molecule has 0 bridgehead atoms. The number of ether oxygens (including phenoxy) is 2. The van der Waals surface area contributed by atoms with Crippen molar-refractivity contribution in [1.82, 2.24) is 10.2 Å². The van der Waals surface area contributed by atoms with Crippen LogP contribution in [0.25, 0.3) is 11.0 Å². The monoisotopic (exact) mass is 358 g/mol. The zero-order valence-corrected chi connectivity index (χ0v) is 14.9. The fourth-order valence-corrected chi connectivity index (χ4v) is 4.20. The molecule has 138 valence electrons. The Balaban J connectivity index is 1.66. The van der Waals surface area contributed by atoms with Gasteiger partial charge in [-0.15, -0.1) is 0 Å². The van der Waals surface area contributed by atoms with Gasteiger partial charge in [-0.1, -0.05) is 0 Å². The zero-order chi connectivity index (χ0) is 18.3. The van der Waals surface area contributed by atoms with Crippen molar-refractivity contribution in [3.05, 3.63) is 30.0 Å². The molecule has 2 saturated heterocycles. The highest BCUT2D eigenvalue weighted by Gasteiger charge is 2.54. The largest absolute Gasteiger partial charge is 0.497 e. The minimum absolute atomic E-state index is 0.00727. The first-order valence-electron chi connectivity index (χ1n) is 8.73. The second-order valence-electron chi connectivity index (χ2n) is 6.95. The number of likely N-dealkylation sites (tertiary alicyclic amines) is 1. The average Bonchev–Trinajstić information content (AvgIpc) is 3.28. The van der Waals surface area contributed by atoms with E-state index in [4.69, 9.17) is 13.9 Å². The van der Waals surface area contributed by atoms with Crippen LogP contribution in [0.1, 0.15) is 16.8 Å². The van der Waals surface area contributed by atoms with Gasteiger partial charge in [0.1, 0.15) is 17.6 Å². The highest BCUT2D eigenvalue weighted by molar-refractivity contribution is 6.06. The van der Waals surface area contributed by atoms with E-state index in [1.54, 1.807) is 37.3 Å². The fourth-order valence-electron chi connectivity index (χ4n) is 4.20. The molecule has 0 saturated carbocycles. The van der Waals surface area contributed by atoms with E-state index >= 15 is 0 Å². The highest BCUT2D eigenvalue weighted by atomic mass is 16.5. The zero-order valence-electron chi connectivity index (χ0n) is 14.9. The number of amides is 2. The summed E-state index contributed by atoms with van der Waals surface area (Å²) in [6.45, 7) is 1.94. The van der Waals surface area contributed by atoms with Crippen LogP contribution in [-0.2, 0) is 9.53 Å². The van der Waals surface area contributed by atoms with E-state index in [0.717, 1.165) is 5.39 Å². The number of nitrogens with one attached hydrogen (secondary N) is 1. The molecular formula is C19H22N2O5. The van der Waals surface area contributed by atoms with Gasteiger partial charge >= 0.3 is 0 Å². The molecular weight excluding hydrogens is 336 g/mol. The van der Waals surface area contributed by atoms with Gasteiger partial charge in [-0.3, -0.25) is 9.59 Å². The second-order valence-corrected chi connectivity index (χ2v) is 6.95. The van der Waals surface area contributed by atoms with E-state index in [9.17, 15) is 9.59 Å². The Kier molecular flexibility index (Phi) is 4.11. The molecule has 2 fully saturated rings. The first-order valence-corrected chi connectivity index (χ1v) is 8.73. The summed E-state index contributed by atoms with van der Waals surface area (Å²) in [4.78, 5) is 27.5. The molecule has 26 heavy (non-hydrogen) atoms. The van der Waals surface area contributed by atoms with Gasteiger partial charge in [0.2, 0.25) is 5.91 Å². The highest BCUT2D eigenvalue weighted by Crippen LogP contribution is 2.43. The molecule has 3 heterocycles. The number of fused-ring (bicyclic) bond motifs is 2. The minimum Gasteiger partial charge on any atom is -0.497 e. The summed E-state index contributed by atoms with van der Waals surface area (Å²) in [6, 6.07) is 5.38. The number of rotatable bonds is 3. The van der Waals surface area contributed by atoms with E-state index in [1.165, 1.54) is 6.26 Å². The van der Waals surface area contributed by atoms with Crippen molar-refractivity contribution in [3.8, 4) is 5.75 Å². The van der Waals surface area contributed by atoms with Crippen LogP contribution in [0.2, 0.25) is 0 Å². The van der Waals surface area contributed by atoms with Crippen LogP contribution in [0.3, 0.4) is 0 Å². The van der Waals surface area contributed by atoms with Crippen LogP contribution in [-0.4, -0.2) is 57.2 Å². The van der Waals surface area contributed by atoms with Crippen LogP contribution in [0.4, 0.5) is 0 Å². The van der Waals surface area contributed by atoms with Gasteiger partial charge in [0.25, 0.3) is 5.91 Å². The molecule has 1 aromatic carbocycles. The first kappa shape index (κ1) is 16.9. The van der Waals surface area contributed by atoms with Crippen LogP contribution >= 0.6 is 0 Å². The van der Waals surface area contributed by atoms with Crippen molar-refractivity contribution < 1.29 is 23.5 Å². The van der Waals surface area contributed by atoms with Gasteiger partial charge < -0.3 is 24.1 Å². The maximum absolute atomic E-state index is 13.2. The van der Waals surface area contributed by atoms with Crippen molar-refractivity contribution in [2.24, 2.45) is 11.3 Å². The summed E-state index contributed by atoms with van der Waals surface area (Å²) in [6.07, 6.45) is 2.11. The van der Waals surface area contributed by atoms with Crippen LogP contribution in [0, 0.1) is 11.3 Å². The van der Waals surface area contributed by atoms with E-state index < -0.39 is 5.41 Å². The second kappa shape index (κ2) is 6.32. The number of methoxy groups -OCH3 is 1. The van der Waals surface area contributed by atoms with Crippen molar-refractivity contribution >= 4 is 22.8 Å². The van der Waals surface area contributed by atoms with Gasteiger partial charge in [0, 0.05) is 38.0 Å². The summed E-state index contributed by atoms with van der Waals surface area (Å²) >= 11 is 0. The van der Waals surface area contributed by atoms with Crippen molar-refractivity contribution in [2.45, 2.75) is 6.42 Å². The van der Waals surface area contributed by atoms with Gasteiger partial charge in [-0.05, 0) is 24.6 Å². The van der Waals surface area contributed by atoms with Gasteiger partial charge in [-0.25, -0.2) is 0 Å². The third-order valence-electron chi connectivity index (χ3n) is 5.68. The Hall–Kier alpha value is -2.54. The minimum atomic E-state index is -0.570. The number of carbonyl (C=O) groups is 2. The lowest BCUT2D eigenvalue weighted by molar-refractivity contribution is -0.138. The SMILES string of the molecule is CNC(=O)[C@]12CCOC[C@H]1CN(C(=O)c1coc3ccc(OC)cc13)C2. The first-order chi connectivity index (χ1) is 12.6. The quantitative estimate of drug-likeness (QED) is 0.903. The molecule has 2 atom stereocenters. The molecule has 1 aromatic heterocycles. The van der Waals surface area contributed by atoms with Gasteiger partial charge in [-0.2, -0.15) is 0 Å². The van der Waals surface area contributed by atoms with E-state index in [1.807, 2.05) is 0 Å². The molecule has 7 heteroatoms. The van der Waals surface area contributed by atoms with Crippen molar-refractivity contribution in [1.29, 1.82) is 0 Å². The summed E-state index contributed by atoms with van der Waals surface area (Å²) in [5.41, 5.74) is 0.556. The lowest BCUT2D eigenvalue weighted by Gasteiger charge is -2.36. The molecule has 0 aliphatic carbocycles. The average molecular weight is 358 g/mol. The molecule has 2 aliphatic rings. The molecule has 0 spiro atoms. The van der Waals surface area contributed by atoms with Crippen LogP contribution in [0.5, 0.6) is 5.75 Å². The summed E-state index contributed by atoms with van der Waals surface area (Å²) in [7, 11) is 3.23. The van der Waals surface area contributed by atoms with Crippen LogP contribution in [0.15, 0.2) is 28.9 Å². The number of carbonyl (C=O) groups excluding carboxylic acids is 2. The van der Waals surface area contributed by atoms with E-state index in [2.05, 4.69) is 5.32 Å². The Morgan fingerprint density at radius 2 is 2.23 bits per heavy atom. The number of hydrogen-bond acceptors (Lipinski definition) is 5. The predicted octanol–water partition coefficient (Wildman–Crippen LogP) is 1.67. The number of nitrogens with zero attached hydrogens (tertiary/aromatic N) is 1. The maximum Gasteiger partial charge on any atom is 0.257 e. The molecule has 7 nitrogen and oxygen atoms in total. The fraction of sp³-hybridized carbons (Fsp3) is 0.474. The molecule has 2 aromatic rings. The molecule has 0 radical (unpaired) electrons. The Morgan fingerprint density at radius 1 is 1.38 bits per heavy atom. The Bertz CT molecular complexity index is 861. The smallest absolute Gasteiger partial charge is 0.257 e. The molecule has 0 unspecified atom stereocenters. The summed E-state index contributed by atoms with van der Waals surface area (Å²) in [5.74, 6) is 0.528. The Morgan fingerprint density at radius 3 is 3.00 bits per heavy atom. The third-order valence-corrected chi connectivity index (χ3v) is 5.68. The Labute approximate surface area is 151 Å². The topological polar surface area (TPSA) is 81.0 Å². The van der Waals surface area contributed by atoms with Gasteiger partial charge in [0.15, 0.2) is 0 Å². The van der Waals surface area contributed by atoms with E-state index in [-0.39, 0.29) is 17.7 Å². The standard InChI is InChI=1S/C19H22N2O5/c1-20-18(23)19-5-6-25-9-12(19)8-21(11-19)17(22)15-10-26-16-4-3-13(24-2)7-14(15)16/h3-4,7,10,12H,5-6,8-9,11H2,1-2H3,(H,20,23)/t12-,19+/m1/s1. The van der Waals surface area contributed by atoms with Gasteiger partial charge in [0.05, 0.1) is 24.7 Å². The van der Waals surface area contributed by atoms with Crippen molar-refractivity contribution in [2.75, 3.05) is 40.5 Å². The third kappa shape index (κ3) is 2.46. The summed E-state index contributed by atoms with van der Waals surface area (Å²) < 4.78 is 16.4. The normalized spacial score (nSPS) is 25.2. The van der Waals surface area contributed by atoms with Crippen LogP contribution < -0.4 is 10.1 Å². The maximum atomic E-state index is 13.2. The molecule has 2 aliphatic heterocycles. The van der Waals surface area contributed by atoms with Crippen molar-refractivity contribution in [3.63, 3.8) is 0 Å².